The molecule has 6 heteroatoms. The zero-order valence-corrected chi connectivity index (χ0v) is 10.0. The summed E-state index contributed by atoms with van der Waals surface area (Å²) in [5.74, 6) is 0. The van der Waals surface area contributed by atoms with Crippen molar-refractivity contribution in [3.05, 3.63) is 23.2 Å². The topological polar surface area (TPSA) is 58.5 Å². The minimum Gasteiger partial charge on any atom is -0.395 e. The van der Waals surface area contributed by atoms with Crippen LogP contribution < -0.4 is 0 Å². The van der Waals surface area contributed by atoms with Crippen molar-refractivity contribution in [2.45, 2.75) is 6.54 Å². The first-order valence-corrected chi connectivity index (χ1v) is 5.42. The van der Waals surface area contributed by atoms with Crippen molar-refractivity contribution >= 4 is 11.6 Å². The molecule has 0 aromatic carbocycles. The smallest absolute Gasteiger partial charge is 0.147 e. The lowest BCUT2D eigenvalue weighted by molar-refractivity contribution is 0.126. The highest BCUT2D eigenvalue weighted by Gasteiger charge is 2.06. The number of nitrogens with zero attached hydrogens (tertiary/aromatic N) is 3. The minimum absolute atomic E-state index is 0.116. The van der Waals surface area contributed by atoms with E-state index in [0.29, 0.717) is 24.8 Å². The van der Waals surface area contributed by atoms with Crippen LogP contribution in [0.1, 0.15) is 5.69 Å². The summed E-state index contributed by atoms with van der Waals surface area (Å²) in [6, 6.07) is 0. The van der Waals surface area contributed by atoms with E-state index >= 15 is 0 Å². The number of aromatic nitrogens is 2. The van der Waals surface area contributed by atoms with Crippen LogP contribution in [0.25, 0.3) is 0 Å². The predicted molar refractivity (Wildman–Crippen MR) is 61.3 cm³/mol. The molecule has 1 heterocycles. The predicted octanol–water partition coefficient (Wildman–Crippen LogP) is 0.571. The van der Waals surface area contributed by atoms with E-state index in [1.807, 2.05) is 4.90 Å². The second-order valence-corrected chi connectivity index (χ2v) is 3.71. The minimum atomic E-state index is 0.116. The number of ether oxygens (including phenoxy) is 1. The van der Waals surface area contributed by atoms with Crippen molar-refractivity contribution in [1.29, 1.82) is 0 Å². The number of aliphatic hydroxyl groups excluding tert-OH is 1. The Kier molecular flexibility index (Phi) is 6.25. The number of methoxy groups -OCH3 is 1. The van der Waals surface area contributed by atoms with Crippen molar-refractivity contribution < 1.29 is 9.84 Å². The molecule has 0 fully saturated rings. The first kappa shape index (κ1) is 13.3. The fourth-order valence-corrected chi connectivity index (χ4v) is 1.38. The summed E-state index contributed by atoms with van der Waals surface area (Å²) in [4.78, 5) is 10.1. The van der Waals surface area contributed by atoms with Crippen LogP contribution in [0.3, 0.4) is 0 Å². The summed E-state index contributed by atoms with van der Waals surface area (Å²) >= 11 is 5.65. The third kappa shape index (κ3) is 4.85. The van der Waals surface area contributed by atoms with E-state index in [-0.39, 0.29) is 6.61 Å². The zero-order chi connectivity index (χ0) is 11.8. The molecule has 1 rings (SSSR count). The largest absolute Gasteiger partial charge is 0.395 e. The lowest BCUT2D eigenvalue weighted by Crippen LogP contribution is -2.30. The van der Waals surface area contributed by atoms with E-state index in [4.69, 9.17) is 21.4 Å². The van der Waals surface area contributed by atoms with Crippen LogP contribution in [-0.4, -0.2) is 53.4 Å². The van der Waals surface area contributed by atoms with E-state index in [0.717, 1.165) is 12.2 Å². The molecule has 1 N–H and O–H groups in total. The summed E-state index contributed by atoms with van der Waals surface area (Å²) in [5, 5.41) is 9.30. The Morgan fingerprint density at radius 3 is 2.75 bits per heavy atom. The monoisotopic (exact) mass is 245 g/mol. The Labute approximate surface area is 100 Å². The first-order valence-electron chi connectivity index (χ1n) is 5.05. The molecule has 0 amide bonds. The third-order valence-corrected chi connectivity index (χ3v) is 2.28. The normalized spacial score (nSPS) is 11.0. The molecule has 0 radical (unpaired) electrons. The molecule has 0 aliphatic carbocycles. The van der Waals surface area contributed by atoms with Gasteiger partial charge in [0.1, 0.15) is 5.15 Å². The van der Waals surface area contributed by atoms with Gasteiger partial charge in [-0.05, 0) is 0 Å². The van der Waals surface area contributed by atoms with Crippen molar-refractivity contribution in [2.24, 2.45) is 0 Å². The standard InChI is InChI=1S/C10H16ClN3O2/c1-16-5-3-14(2-4-15)8-9-6-13-10(11)7-12-9/h6-7,15H,2-5,8H2,1H3. The van der Waals surface area contributed by atoms with Crippen LogP contribution in [-0.2, 0) is 11.3 Å². The lowest BCUT2D eigenvalue weighted by Gasteiger charge is -2.19. The van der Waals surface area contributed by atoms with Crippen LogP contribution in [0.2, 0.25) is 5.15 Å². The van der Waals surface area contributed by atoms with Gasteiger partial charge in [0.05, 0.1) is 31.3 Å². The van der Waals surface area contributed by atoms with Gasteiger partial charge in [-0.1, -0.05) is 11.6 Å². The van der Waals surface area contributed by atoms with Crippen LogP contribution in [0, 0.1) is 0 Å². The van der Waals surface area contributed by atoms with E-state index in [1.165, 1.54) is 6.20 Å². The summed E-state index contributed by atoms with van der Waals surface area (Å²) in [5.41, 5.74) is 0.828. The fraction of sp³-hybridized carbons (Fsp3) is 0.600. The Hall–Kier alpha value is -0.750. The molecule has 16 heavy (non-hydrogen) atoms. The Morgan fingerprint density at radius 1 is 1.38 bits per heavy atom. The van der Waals surface area contributed by atoms with Gasteiger partial charge in [0.2, 0.25) is 0 Å². The fourth-order valence-electron chi connectivity index (χ4n) is 1.28. The summed E-state index contributed by atoms with van der Waals surface area (Å²) in [6.07, 6.45) is 3.16. The van der Waals surface area contributed by atoms with Gasteiger partial charge in [-0.2, -0.15) is 0 Å². The van der Waals surface area contributed by atoms with Crippen molar-refractivity contribution in [2.75, 3.05) is 33.4 Å². The number of halogens is 1. The van der Waals surface area contributed by atoms with Crippen LogP contribution in [0.15, 0.2) is 12.4 Å². The highest BCUT2D eigenvalue weighted by Crippen LogP contribution is 2.04. The molecule has 0 aliphatic heterocycles. The SMILES string of the molecule is COCCN(CCO)Cc1cnc(Cl)cn1. The molecule has 90 valence electrons. The third-order valence-electron chi connectivity index (χ3n) is 2.09. The van der Waals surface area contributed by atoms with Crippen molar-refractivity contribution in [1.82, 2.24) is 14.9 Å². The molecule has 0 saturated carbocycles. The molecular formula is C10H16ClN3O2. The molecule has 0 atom stereocenters. The molecule has 1 aromatic rings. The Bertz CT molecular complexity index is 295. The van der Waals surface area contributed by atoms with Gasteiger partial charge in [-0.25, -0.2) is 4.98 Å². The number of hydrogen-bond donors (Lipinski definition) is 1. The van der Waals surface area contributed by atoms with Gasteiger partial charge in [0.15, 0.2) is 0 Å². The van der Waals surface area contributed by atoms with Gasteiger partial charge in [0.25, 0.3) is 0 Å². The molecule has 5 nitrogen and oxygen atoms in total. The molecular weight excluding hydrogens is 230 g/mol. The molecule has 0 saturated heterocycles. The molecule has 0 aliphatic rings. The molecule has 0 unspecified atom stereocenters. The number of rotatable bonds is 7. The maximum absolute atomic E-state index is 8.92. The molecule has 0 bridgehead atoms. The molecule has 0 spiro atoms. The van der Waals surface area contributed by atoms with E-state index in [9.17, 15) is 0 Å². The maximum atomic E-state index is 8.92. The van der Waals surface area contributed by atoms with Gasteiger partial charge in [-0.15, -0.1) is 0 Å². The van der Waals surface area contributed by atoms with E-state index in [1.54, 1.807) is 13.3 Å². The highest BCUT2D eigenvalue weighted by atomic mass is 35.5. The maximum Gasteiger partial charge on any atom is 0.147 e. The summed E-state index contributed by atoms with van der Waals surface area (Å²) < 4.78 is 5.00. The van der Waals surface area contributed by atoms with Gasteiger partial charge in [-0.3, -0.25) is 9.88 Å². The molecule has 1 aromatic heterocycles. The Balaban J connectivity index is 2.49. The Morgan fingerprint density at radius 2 is 2.19 bits per heavy atom. The average molecular weight is 246 g/mol. The van der Waals surface area contributed by atoms with E-state index in [2.05, 4.69) is 9.97 Å². The van der Waals surface area contributed by atoms with Gasteiger partial charge < -0.3 is 9.84 Å². The summed E-state index contributed by atoms with van der Waals surface area (Å²) in [7, 11) is 1.65. The second kappa shape index (κ2) is 7.51. The first-order chi connectivity index (χ1) is 7.76. The number of hydrogen-bond acceptors (Lipinski definition) is 5. The van der Waals surface area contributed by atoms with Gasteiger partial charge in [0, 0.05) is 26.7 Å². The van der Waals surface area contributed by atoms with Crippen molar-refractivity contribution in [3.63, 3.8) is 0 Å². The van der Waals surface area contributed by atoms with Crippen LogP contribution in [0.5, 0.6) is 0 Å². The van der Waals surface area contributed by atoms with Crippen molar-refractivity contribution in [3.8, 4) is 0 Å². The second-order valence-electron chi connectivity index (χ2n) is 3.32. The number of aliphatic hydroxyl groups is 1. The zero-order valence-electron chi connectivity index (χ0n) is 9.27. The highest BCUT2D eigenvalue weighted by molar-refractivity contribution is 6.29. The van der Waals surface area contributed by atoms with Gasteiger partial charge >= 0.3 is 0 Å². The van der Waals surface area contributed by atoms with Crippen LogP contribution >= 0.6 is 11.6 Å². The quantitative estimate of drug-likeness (QED) is 0.761. The van der Waals surface area contributed by atoms with Crippen LogP contribution in [0.4, 0.5) is 0 Å². The average Bonchev–Trinajstić information content (AvgIpc) is 2.29. The van der Waals surface area contributed by atoms with E-state index < -0.39 is 0 Å². The lowest BCUT2D eigenvalue weighted by atomic mass is 10.4. The summed E-state index contributed by atoms with van der Waals surface area (Å²) in [6.45, 7) is 2.72.